The van der Waals surface area contributed by atoms with Gasteiger partial charge in [0.2, 0.25) is 0 Å². The Hall–Kier alpha value is -1.71. The smallest absolute Gasteiger partial charge is 0.124 e. The molecular formula is C18H22ClNO2. The number of rotatable bonds is 7. The van der Waals surface area contributed by atoms with Crippen molar-refractivity contribution in [3.05, 3.63) is 58.1 Å². The Labute approximate surface area is 137 Å². The summed E-state index contributed by atoms with van der Waals surface area (Å²) in [6.07, 6.45) is 0. The fourth-order valence-electron chi connectivity index (χ4n) is 2.18. The molecule has 0 saturated heterocycles. The maximum Gasteiger partial charge on any atom is 0.124 e. The van der Waals surface area contributed by atoms with Crippen LogP contribution in [0.25, 0.3) is 0 Å². The first-order valence-electron chi connectivity index (χ1n) is 7.36. The summed E-state index contributed by atoms with van der Waals surface area (Å²) in [5.41, 5.74) is 3.37. The Balaban J connectivity index is 1.90. The Morgan fingerprint density at radius 2 is 1.68 bits per heavy atom. The largest absolute Gasteiger partial charge is 0.490 e. The molecule has 22 heavy (non-hydrogen) atoms. The van der Waals surface area contributed by atoms with Crippen LogP contribution in [0.4, 0.5) is 0 Å². The molecule has 0 bridgehead atoms. The molecule has 2 aromatic rings. The number of nitrogens with one attached hydrogen (secondary N) is 1. The zero-order valence-corrected chi connectivity index (χ0v) is 14.0. The van der Waals surface area contributed by atoms with Crippen LogP contribution in [-0.2, 0) is 6.54 Å². The zero-order valence-electron chi connectivity index (χ0n) is 13.3. The lowest BCUT2D eigenvalue weighted by molar-refractivity contribution is 0.215. The second-order valence-corrected chi connectivity index (χ2v) is 5.68. The molecule has 0 saturated carbocycles. The van der Waals surface area contributed by atoms with Crippen LogP contribution in [-0.4, -0.2) is 20.3 Å². The third-order valence-corrected chi connectivity index (χ3v) is 3.57. The van der Waals surface area contributed by atoms with Crippen LogP contribution < -0.4 is 14.8 Å². The second kappa shape index (κ2) is 8.06. The van der Waals surface area contributed by atoms with E-state index < -0.39 is 0 Å². The fraction of sp³-hybridized carbons (Fsp3) is 0.333. The number of ether oxygens (including phenoxy) is 2. The van der Waals surface area contributed by atoms with Crippen LogP contribution in [0.5, 0.6) is 11.5 Å². The van der Waals surface area contributed by atoms with Gasteiger partial charge in [-0.05, 0) is 56.3 Å². The minimum atomic E-state index is 0.492. The maximum atomic E-state index is 6.02. The summed E-state index contributed by atoms with van der Waals surface area (Å²) in [4.78, 5) is 0. The van der Waals surface area contributed by atoms with Gasteiger partial charge in [0, 0.05) is 17.1 Å². The van der Waals surface area contributed by atoms with Crippen molar-refractivity contribution in [3.8, 4) is 11.5 Å². The van der Waals surface area contributed by atoms with Crippen molar-refractivity contribution in [1.82, 2.24) is 5.32 Å². The molecule has 0 fully saturated rings. The molecule has 118 valence electrons. The molecule has 0 unspecified atom stereocenters. The number of aryl methyl sites for hydroxylation is 2. The van der Waals surface area contributed by atoms with Crippen molar-refractivity contribution in [2.75, 3.05) is 20.3 Å². The standard InChI is InChI=1S/C18H22ClNO2/c1-13-4-5-14(2)18(10-13)22-9-8-21-17-7-6-16(19)11-15(17)12-20-3/h4-7,10-11,20H,8-9,12H2,1-3H3. The van der Waals surface area contributed by atoms with Gasteiger partial charge < -0.3 is 14.8 Å². The van der Waals surface area contributed by atoms with Crippen LogP contribution in [0, 0.1) is 13.8 Å². The van der Waals surface area contributed by atoms with Crippen molar-refractivity contribution >= 4 is 11.6 Å². The molecule has 3 nitrogen and oxygen atoms in total. The quantitative estimate of drug-likeness (QED) is 0.778. The van der Waals surface area contributed by atoms with E-state index in [9.17, 15) is 0 Å². The average Bonchev–Trinajstić information content (AvgIpc) is 2.49. The van der Waals surface area contributed by atoms with Crippen LogP contribution in [0.1, 0.15) is 16.7 Å². The van der Waals surface area contributed by atoms with Crippen LogP contribution in [0.3, 0.4) is 0 Å². The van der Waals surface area contributed by atoms with E-state index >= 15 is 0 Å². The molecule has 0 radical (unpaired) electrons. The van der Waals surface area contributed by atoms with E-state index in [1.54, 1.807) is 0 Å². The number of halogens is 1. The van der Waals surface area contributed by atoms with E-state index in [1.165, 1.54) is 5.56 Å². The number of hydrogen-bond acceptors (Lipinski definition) is 3. The van der Waals surface area contributed by atoms with Gasteiger partial charge in [-0.1, -0.05) is 23.7 Å². The minimum absolute atomic E-state index is 0.492. The van der Waals surface area contributed by atoms with Gasteiger partial charge >= 0.3 is 0 Å². The number of benzene rings is 2. The second-order valence-electron chi connectivity index (χ2n) is 5.25. The predicted octanol–water partition coefficient (Wildman–Crippen LogP) is 4.13. The van der Waals surface area contributed by atoms with E-state index in [4.69, 9.17) is 21.1 Å². The summed E-state index contributed by atoms with van der Waals surface area (Å²) in [7, 11) is 1.90. The molecule has 0 aliphatic heterocycles. The molecule has 0 spiro atoms. The van der Waals surface area contributed by atoms with Crippen LogP contribution >= 0.6 is 11.6 Å². The van der Waals surface area contributed by atoms with E-state index in [-0.39, 0.29) is 0 Å². The van der Waals surface area contributed by atoms with Gasteiger partial charge in [-0.3, -0.25) is 0 Å². The van der Waals surface area contributed by atoms with Gasteiger partial charge in [-0.25, -0.2) is 0 Å². The van der Waals surface area contributed by atoms with Crippen LogP contribution in [0.15, 0.2) is 36.4 Å². The van der Waals surface area contributed by atoms with Crippen molar-refractivity contribution in [2.24, 2.45) is 0 Å². The molecule has 1 N–H and O–H groups in total. The third-order valence-electron chi connectivity index (χ3n) is 3.33. The van der Waals surface area contributed by atoms with E-state index in [2.05, 4.69) is 24.4 Å². The zero-order chi connectivity index (χ0) is 15.9. The summed E-state index contributed by atoms with van der Waals surface area (Å²) in [6.45, 7) is 5.81. The lowest BCUT2D eigenvalue weighted by Crippen LogP contribution is -2.12. The highest BCUT2D eigenvalue weighted by Gasteiger charge is 2.05. The number of hydrogen-bond donors (Lipinski definition) is 1. The Morgan fingerprint density at radius 1 is 0.955 bits per heavy atom. The molecule has 0 aliphatic carbocycles. The maximum absolute atomic E-state index is 6.02. The van der Waals surface area contributed by atoms with Gasteiger partial charge in [0.25, 0.3) is 0 Å². The molecule has 0 heterocycles. The summed E-state index contributed by atoms with van der Waals surface area (Å²) < 4.78 is 11.6. The summed E-state index contributed by atoms with van der Waals surface area (Å²) in [5.74, 6) is 1.75. The Bertz CT molecular complexity index is 628. The fourth-order valence-corrected chi connectivity index (χ4v) is 2.38. The molecule has 0 amide bonds. The van der Waals surface area contributed by atoms with Crippen LogP contribution in [0.2, 0.25) is 5.02 Å². The van der Waals surface area contributed by atoms with Gasteiger partial charge in [-0.15, -0.1) is 0 Å². The van der Waals surface area contributed by atoms with Crippen molar-refractivity contribution < 1.29 is 9.47 Å². The third kappa shape index (κ3) is 4.65. The molecule has 2 aromatic carbocycles. The molecule has 4 heteroatoms. The Kier molecular flexibility index (Phi) is 6.10. The van der Waals surface area contributed by atoms with Crippen molar-refractivity contribution in [3.63, 3.8) is 0 Å². The molecular weight excluding hydrogens is 298 g/mol. The van der Waals surface area contributed by atoms with Crippen molar-refractivity contribution in [2.45, 2.75) is 20.4 Å². The summed E-state index contributed by atoms with van der Waals surface area (Å²) >= 11 is 6.02. The summed E-state index contributed by atoms with van der Waals surface area (Å²) in [5, 5.41) is 3.82. The molecule has 0 aromatic heterocycles. The lowest BCUT2D eigenvalue weighted by Gasteiger charge is -2.13. The van der Waals surface area contributed by atoms with Gasteiger partial charge in [-0.2, -0.15) is 0 Å². The van der Waals surface area contributed by atoms with E-state index in [1.807, 2.05) is 38.2 Å². The first kappa shape index (κ1) is 16.7. The molecule has 0 aliphatic rings. The van der Waals surface area contributed by atoms with Gasteiger partial charge in [0.15, 0.2) is 0 Å². The van der Waals surface area contributed by atoms with E-state index in [0.717, 1.165) is 22.6 Å². The highest BCUT2D eigenvalue weighted by Crippen LogP contribution is 2.23. The first-order chi connectivity index (χ1) is 10.6. The first-order valence-corrected chi connectivity index (χ1v) is 7.74. The molecule has 0 atom stereocenters. The Morgan fingerprint density at radius 3 is 2.41 bits per heavy atom. The van der Waals surface area contributed by atoms with Gasteiger partial charge in [0.05, 0.1) is 0 Å². The highest BCUT2D eigenvalue weighted by atomic mass is 35.5. The summed E-state index contributed by atoms with van der Waals surface area (Å²) in [6, 6.07) is 11.8. The lowest BCUT2D eigenvalue weighted by atomic mass is 10.1. The SMILES string of the molecule is CNCc1cc(Cl)ccc1OCCOc1cc(C)ccc1C. The average molecular weight is 320 g/mol. The van der Waals surface area contributed by atoms with Gasteiger partial charge in [0.1, 0.15) is 24.7 Å². The highest BCUT2D eigenvalue weighted by molar-refractivity contribution is 6.30. The van der Waals surface area contributed by atoms with E-state index in [0.29, 0.717) is 24.8 Å². The topological polar surface area (TPSA) is 30.5 Å². The minimum Gasteiger partial charge on any atom is -0.490 e. The van der Waals surface area contributed by atoms with Crippen molar-refractivity contribution in [1.29, 1.82) is 0 Å². The predicted molar refractivity (Wildman–Crippen MR) is 91.1 cm³/mol. The normalized spacial score (nSPS) is 10.5. The monoisotopic (exact) mass is 319 g/mol. The molecule has 2 rings (SSSR count).